The van der Waals surface area contributed by atoms with Crippen LogP contribution in [0.3, 0.4) is 0 Å². The van der Waals surface area contributed by atoms with Gasteiger partial charge in [0, 0.05) is 19.7 Å². The standard InChI is InChI=1S/C12H19N3O2S/c1-2-4-10-11(18-14-13-10)12(17)15-6-3-5-9(7-15)8-16/h9,16H,2-8H2,1H3. The number of rotatable bonds is 4. The van der Waals surface area contributed by atoms with Crippen molar-refractivity contribution in [2.45, 2.75) is 32.6 Å². The number of carbonyl (C=O) groups excluding carboxylic acids is 1. The van der Waals surface area contributed by atoms with E-state index in [0.29, 0.717) is 11.4 Å². The second-order valence-electron chi connectivity index (χ2n) is 4.74. The SMILES string of the molecule is CCCc1nnsc1C(=O)N1CCCC(CO)C1. The van der Waals surface area contributed by atoms with Gasteiger partial charge in [-0.15, -0.1) is 5.10 Å². The van der Waals surface area contributed by atoms with Crippen molar-refractivity contribution in [3.63, 3.8) is 0 Å². The molecule has 0 spiro atoms. The van der Waals surface area contributed by atoms with Crippen LogP contribution in [0, 0.1) is 5.92 Å². The van der Waals surface area contributed by atoms with Crippen molar-refractivity contribution in [3.05, 3.63) is 10.6 Å². The molecule has 1 aromatic heterocycles. The Morgan fingerprint density at radius 3 is 3.17 bits per heavy atom. The molecule has 2 heterocycles. The minimum Gasteiger partial charge on any atom is -0.396 e. The number of aromatic nitrogens is 2. The number of aryl methyl sites for hydroxylation is 1. The molecule has 18 heavy (non-hydrogen) atoms. The number of aliphatic hydroxyl groups is 1. The molecule has 0 bridgehead atoms. The maximum absolute atomic E-state index is 12.4. The summed E-state index contributed by atoms with van der Waals surface area (Å²) >= 11 is 1.19. The first-order valence-electron chi connectivity index (χ1n) is 6.47. The molecular weight excluding hydrogens is 250 g/mol. The third kappa shape index (κ3) is 2.87. The van der Waals surface area contributed by atoms with Gasteiger partial charge in [0.1, 0.15) is 4.88 Å². The van der Waals surface area contributed by atoms with Crippen molar-refractivity contribution in [1.82, 2.24) is 14.5 Å². The Morgan fingerprint density at radius 1 is 1.61 bits per heavy atom. The van der Waals surface area contributed by atoms with Gasteiger partial charge in [0.05, 0.1) is 5.69 Å². The van der Waals surface area contributed by atoms with Gasteiger partial charge in [-0.25, -0.2) is 0 Å². The summed E-state index contributed by atoms with van der Waals surface area (Å²) in [5, 5.41) is 13.2. The molecule has 0 aromatic carbocycles. The van der Waals surface area contributed by atoms with Gasteiger partial charge in [-0.05, 0) is 36.7 Å². The summed E-state index contributed by atoms with van der Waals surface area (Å²) < 4.78 is 3.89. The zero-order valence-corrected chi connectivity index (χ0v) is 11.4. The van der Waals surface area contributed by atoms with Crippen LogP contribution >= 0.6 is 11.5 Å². The van der Waals surface area contributed by atoms with Crippen LogP contribution in [0.25, 0.3) is 0 Å². The third-order valence-electron chi connectivity index (χ3n) is 3.30. The third-order valence-corrected chi connectivity index (χ3v) is 4.06. The van der Waals surface area contributed by atoms with Crippen molar-refractivity contribution in [2.75, 3.05) is 19.7 Å². The molecule has 1 aliphatic heterocycles. The van der Waals surface area contributed by atoms with E-state index in [-0.39, 0.29) is 18.4 Å². The van der Waals surface area contributed by atoms with Crippen LogP contribution in [0.4, 0.5) is 0 Å². The quantitative estimate of drug-likeness (QED) is 0.895. The average molecular weight is 269 g/mol. The number of aliphatic hydroxyl groups excluding tert-OH is 1. The van der Waals surface area contributed by atoms with E-state index >= 15 is 0 Å². The highest BCUT2D eigenvalue weighted by molar-refractivity contribution is 7.08. The lowest BCUT2D eigenvalue weighted by Crippen LogP contribution is -2.40. The number of piperidine rings is 1. The number of nitrogens with zero attached hydrogens (tertiary/aromatic N) is 3. The van der Waals surface area contributed by atoms with Crippen molar-refractivity contribution in [1.29, 1.82) is 0 Å². The molecule has 1 saturated heterocycles. The van der Waals surface area contributed by atoms with Gasteiger partial charge in [-0.1, -0.05) is 17.8 Å². The molecule has 1 aliphatic rings. The van der Waals surface area contributed by atoms with E-state index in [1.807, 2.05) is 4.90 Å². The monoisotopic (exact) mass is 269 g/mol. The molecule has 0 aliphatic carbocycles. The minimum absolute atomic E-state index is 0.0339. The highest BCUT2D eigenvalue weighted by Gasteiger charge is 2.27. The molecule has 6 heteroatoms. The summed E-state index contributed by atoms with van der Waals surface area (Å²) in [7, 11) is 0. The number of hydrogen-bond donors (Lipinski definition) is 1. The van der Waals surface area contributed by atoms with Gasteiger partial charge < -0.3 is 10.0 Å². The molecule has 0 saturated carbocycles. The Balaban J connectivity index is 2.08. The van der Waals surface area contributed by atoms with Gasteiger partial charge in [0.2, 0.25) is 0 Å². The largest absolute Gasteiger partial charge is 0.396 e. The highest BCUT2D eigenvalue weighted by atomic mass is 32.1. The van der Waals surface area contributed by atoms with Crippen LogP contribution in [-0.2, 0) is 6.42 Å². The van der Waals surface area contributed by atoms with Crippen LogP contribution < -0.4 is 0 Å². The van der Waals surface area contributed by atoms with Gasteiger partial charge in [0.15, 0.2) is 0 Å². The molecular formula is C12H19N3O2S. The molecule has 1 atom stereocenters. The summed E-state index contributed by atoms with van der Waals surface area (Å²) in [6, 6.07) is 0. The van der Waals surface area contributed by atoms with E-state index in [1.54, 1.807) is 0 Å². The predicted octanol–water partition coefficient (Wildman–Crippen LogP) is 1.34. The summed E-state index contributed by atoms with van der Waals surface area (Å²) in [4.78, 5) is 14.9. The molecule has 1 aromatic rings. The van der Waals surface area contributed by atoms with Gasteiger partial charge in [-0.2, -0.15) is 0 Å². The first kappa shape index (κ1) is 13.4. The number of carbonyl (C=O) groups is 1. The molecule has 1 fully saturated rings. The van der Waals surface area contributed by atoms with E-state index in [4.69, 9.17) is 0 Å². The molecule has 1 amide bonds. The molecule has 1 N–H and O–H groups in total. The fourth-order valence-electron chi connectivity index (χ4n) is 2.31. The number of likely N-dealkylation sites (tertiary alicyclic amines) is 1. The van der Waals surface area contributed by atoms with E-state index in [0.717, 1.165) is 37.9 Å². The Morgan fingerprint density at radius 2 is 2.44 bits per heavy atom. The summed E-state index contributed by atoms with van der Waals surface area (Å²) in [6.45, 7) is 3.65. The second kappa shape index (κ2) is 6.24. The Kier molecular flexibility index (Phi) is 4.66. The second-order valence-corrected chi connectivity index (χ2v) is 5.49. The topological polar surface area (TPSA) is 66.3 Å². The average Bonchev–Trinajstić information content (AvgIpc) is 2.86. The number of hydrogen-bond acceptors (Lipinski definition) is 5. The smallest absolute Gasteiger partial charge is 0.267 e. The Bertz CT molecular complexity index is 408. The molecule has 2 rings (SSSR count). The fourth-order valence-corrected chi connectivity index (χ4v) is 2.99. The van der Waals surface area contributed by atoms with E-state index in [9.17, 15) is 9.90 Å². The zero-order chi connectivity index (χ0) is 13.0. The fraction of sp³-hybridized carbons (Fsp3) is 0.750. The Labute approximate surface area is 111 Å². The molecule has 0 radical (unpaired) electrons. The van der Waals surface area contributed by atoms with E-state index in [2.05, 4.69) is 16.5 Å². The van der Waals surface area contributed by atoms with Crippen LogP contribution in [0.1, 0.15) is 41.6 Å². The minimum atomic E-state index is 0.0339. The summed E-state index contributed by atoms with van der Waals surface area (Å²) in [5.41, 5.74) is 0.818. The predicted molar refractivity (Wildman–Crippen MR) is 69.6 cm³/mol. The van der Waals surface area contributed by atoms with Gasteiger partial charge in [-0.3, -0.25) is 4.79 Å². The summed E-state index contributed by atoms with van der Waals surface area (Å²) in [5.74, 6) is 0.254. The molecule has 1 unspecified atom stereocenters. The lowest BCUT2D eigenvalue weighted by Gasteiger charge is -2.31. The molecule has 5 nitrogen and oxygen atoms in total. The summed E-state index contributed by atoms with van der Waals surface area (Å²) in [6.07, 6.45) is 3.73. The first-order chi connectivity index (χ1) is 8.76. The lowest BCUT2D eigenvalue weighted by molar-refractivity contribution is 0.0624. The normalized spacial score (nSPS) is 20.1. The Hall–Kier alpha value is -1.01. The highest BCUT2D eigenvalue weighted by Crippen LogP contribution is 2.21. The zero-order valence-electron chi connectivity index (χ0n) is 10.6. The van der Waals surface area contributed by atoms with E-state index in [1.165, 1.54) is 11.5 Å². The first-order valence-corrected chi connectivity index (χ1v) is 7.25. The lowest BCUT2D eigenvalue weighted by atomic mass is 9.99. The van der Waals surface area contributed by atoms with Crippen LogP contribution in [0.2, 0.25) is 0 Å². The van der Waals surface area contributed by atoms with Crippen molar-refractivity contribution in [3.8, 4) is 0 Å². The van der Waals surface area contributed by atoms with Crippen LogP contribution in [0.15, 0.2) is 0 Å². The number of amides is 1. The maximum atomic E-state index is 12.4. The van der Waals surface area contributed by atoms with Crippen molar-refractivity contribution >= 4 is 17.4 Å². The van der Waals surface area contributed by atoms with Crippen molar-refractivity contribution < 1.29 is 9.90 Å². The van der Waals surface area contributed by atoms with Crippen molar-refractivity contribution in [2.24, 2.45) is 5.92 Å². The van der Waals surface area contributed by atoms with Crippen LogP contribution in [0.5, 0.6) is 0 Å². The van der Waals surface area contributed by atoms with Crippen LogP contribution in [-0.4, -0.2) is 45.2 Å². The molecule has 100 valence electrons. The van der Waals surface area contributed by atoms with E-state index < -0.39 is 0 Å². The van der Waals surface area contributed by atoms with Gasteiger partial charge >= 0.3 is 0 Å². The maximum Gasteiger partial charge on any atom is 0.267 e. The van der Waals surface area contributed by atoms with Gasteiger partial charge in [0.25, 0.3) is 5.91 Å².